The van der Waals surface area contributed by atoms with E-state index in [4.69, 9.17) is 0 Å². The lowest BCUT2D eigenvalue weighted by Crippen LogP contribution is -2.40. The summed E-state index contributed by atoms with van der Waals surface area (Å²) < 4.78 is 0. The van der Waals surface area contributed by atoms with Gasteiger partial charge < -0.3 is 0 Å². The summed E-state index contributed by atoms with van der Waals surface area (Å²) in [5.74, 6) is 0.218. The van der Waals surface area contributed by atoms with Crippen molar-refractivity contribution < 1.29 is 4.79 Å². The molecule has 1 atom stereocenters. The van der Waals surface area contributed by atoms with E-state index in [9.17, 15) is 4.79 Å². The molecule has 110 valence electrons. The van der Waals surface area contributed by atoms with Crippen molar-refractivity contribution in [2.75, 3.05) is 18.9 Å². The molecule has 0 aromatic carbocycles. The standard InChI is InChI=1S/C15H19N5O/c1-12(14(21)19-15-17-7-3-8-18-15)20(2)11-6-13-4-9-16-10-5-13/h3-5,7-10,12H,6,11H2,1-2H3,(H,17,18,19,21)/t12-/m0/s1. The minimum Gasteiger partial charge on any atom is -0.295 e. The van der Waals surface area contributed by atoms with Crippen molar-refractivity contribution in [3.8, 4) is 0 Å². The molecular weight excluding hydrogens is 266 g/mol. The number of pyridine rings is 1. The van der Waals surface area contributed by atoms with E-state index in [0.29, 0.717) is 5.95 Å². The Kier molecular flexibility index (Phi) is 5.34. The number of nitrogens with one attached hydrogen (secondary N) is 1. The Labute approximate surface area is 124 Å². The van der Waals surface area contributed by atoms with Gasteiger partial charge in [-0.05, 0) is 44.2 Å². The van der Waals surface area contributed by atoms with Gasteiger partial charge in [-0.3, -0.25) is 20.0 Å². The van der Waals surface area contributed by atoms with E-state index in [1.807, 2.05) is 31.0 Å². The van der Waals surface area contributed by atoms with E-state index in [0.717, 1.165) is 13.0 Å². The van der Waals surface area contributed by atoms with Crippen LogP contribution in [0.15, 0.2) is 43.0 Å². The van der Waals surface area contributed by atoms with Crippen molar-refractivity contribution in [1.82, 2.24) is 19.9 Å². The van der Waals surface area contributed by atoms with E-state index in [1.54, 1.807) is 30.9 Å². The van der Waals surface area contributed by atoms with Crippen molar-refractivity contribution in [2.24, 2.45) is 0 Å². The molecule has 0 bridgehead atoms. The van der Waals surface area contributed by atoms with Crippen LogP contribution in [0, 0.1) is 0 Å². The third-order valence-corrected chi connectivity index (χ3v) is 3.34. The summed E-state index contributed by atoms with van der Waals surface area (Å²) >= 11 is 0. The van der Waals surface area contributed by atoms with Gasteiger partial charge in [-0.15, -0.1) is 0 Å². The van der Waals surface area contributed by atoms with E-state index < -0.39 is 0 Å². The van der Waals surface area contributed by atoms with Crippen molar-refractivity contribution in [1.29, 1.82) is 0 Å². The number of aromatic nitrogens is 3. The Bertz CT molecular complexity index is 561. The van der Waals surface area contributed by atoms with Crippen LogP contribution in [0.2, 0.25) is 0 Å². The number of rotatable bonds is 6. The van der Waals surface area contributed by atoms with Gasteiger partial charge in [0.05, 0.1) is 6.04 Å². The molecule has 21 heavy (non-hydrogen) atoms. The maximum absolute atomic E-state index is 12.1. The van der Waals surface area contributed by atoms with Gasteiger partial charge in [0.25, 0.3) is 0 Å². The molecule has 2 rings (SSSR count). The number of carbonyl (C=O) groups is 1. The van der Waals surface area contributed by atoms with Crippen LogP contribution in [-0.2, 0) is 11.2 Å². The highest BCUT2D eigenvalue weighted by atomic mass is 16.2. The van der Waals surface area contributed by atoms with Crippen LogP contribution < -0.4 is 5.32 Å². The van der Waals surface area contributed by atoms with E-state index >= 15 is 0 Å². The number of likely N-dealkylation sites (N-methyl/N-ethyl adjacent to an activating group) is 1. The molecule has 6 heteroatoms. The molecule has 0 saturated heterocycles. The molecule has 0 unspecified atom stereocenters. The molecule has 0 fully saturated rings. The second kappa shape index (κ2) is 7.44. The first kappa shape index (κ1) is 15.1. The maximum atomic E-state index is 12.1. The SMILES string of the molecule is C[C@@H](C(=O)Nc1ncccn1)N(C)CCc1ccncc1. The number of anilines is 1. The van der Waals surface area contributed by atoms with Gasteiger partial charge in [0.2, 0.25) is 11.9 Å². The van der Waals surface area contributed by atoms with E-state index in [2.05, 4.69) is 20.3 Å². The summed E-state index contributed by atoms with van der Waals surface area (Å²) in [6.07, 6.45) is 7.62. The lowest BCUT2D eigenvalue weighted by molar-refractivity contribution is -0.120. The smallest absolute Gasteiger partial charge is 0.243 e. The molecule has 1 amide bonds. The Morgan fingerprint density at radius 2 is 1.90 bits per heavy atom. The summed E-state index contributed by atoms with van der Waals surface area (Å²) in [5.41, 5.74) is 1.20. The second-order valence-corrected chi connectivity index (χ2v) is 4.82. The van der Waals surface area contributed by atoms with Crippen LogP contribution in [0.1, 0.15) is 12.5 Å². The highest BCUT2D eigenvalue weighted by Gasteiger charge is 2.18. The van der Waals surface area contributed by atoms with Crippen LogP contribution in [-0.4, -0.2) is 45.4 Å². The summed E-state index contributed by atoms with van der Waals surface area (Å²) in [6.45, 7) is 2.65. The van der Waals surface area contributed by atoms with Crippen LogP contribution in [0.3, 0.4) is 0 Å². The highest BCUT2D eigenvalue weighted by Crippen LogP contribution is 2.04. The first-order chi connectivity index (χ1) is 10.2. The quantitative estimate of drug-likeness (QED) is 0.868. The third-order valence-electron chi connectivity index (χ3n) is 3.34. The van der Waals surface area contributed by atoms with Gasteiger partial charge >= 0.3 is 0 Å². The van der Waals surface area contributed by atoms with Crippen molar-refractivity contribution >= 4 is 11.9 Å². The average molecular weight is 285 g/mol. The van der Waals surface area contributed by atoms with Gasteiger partial charge in [-0.1, -0.05) is 0 Å². The van der Waals surface area contributed by atoms with Crippen LogP contribution in [0.5, 0.6) is 0 Å². The van der Waals surface area contributed by atoms with Crippen molar-refractivity contribution in [2.45, 2.75) is 19.4 Å². The molecule has 0 aliphatic heterocycles. The molecule has 1 N–H and O–H groups in total. The Balaban J connectivity index is 1.84. The Morgan fingerprint density at radius 3 is 2.57 bits per heavy atom. The van der Waals surface area contributed by atoms with E-state index in [1.165, 1.54) is 5.56 Å². The highest BCUT2D eigenvalue weighted by molar-refractivity contribution is 5.92. The maximum Gasteiger partial charge on any atom is 0.243 e. The van der Waals surface area contributed by atoms with Gasteiger partial charge in [0.15, 0.2) is 0 Å². The van der Waals surface area contributed by atoms with E-state index in [-0.39, 0.29) is 11.9 Å². The van der Waals surface area contributed by atoms with Gasteiger partial charge in [0.1, 0.15) is 0 Å². The molecule has 0 radical (unpaired) electrons. The van der Waals surface area contributed by atoms with Crippen molar-refractivity contribution in [3.05, 3.63) is 48.5 Å². The Morgan fingerprint density at radius 1 is 1.24 bits per heavy atom. The molecular formula is C15H19N5O. The molecule has 2 aromatic heterocycles. The van der Waals surface area contributed by atoms with Gasteiger partial charge in [-0.25, -0.2) is 9.97 Å². The number of hydrogen-bond donors (Lipinski definition) is 1. The number of hydrogen-bond acceptors (Lipinski definition) is 5. The summed E-state index contributed by atoms with van der Waals surface area (Å²) in [4.78, 5) is 26.1. The second-order valence-electron chi connectivity index (χ2n) is 4.82. The van der Waals surface area contributed by atoms with Gasteiger partial charge in [-0.2, -0.15) is 0 Å². The predicted molar refractivity (Wildman–Crippen MR) is 80.7 cm³/mol. The van der Waals surface area contributed by atoms with Crippen molar-refractivity contribution in [3.63, 3.8) is 0 Å². The summed E-state index contributed by atoms with van der Waals surface area (Å²) in [7, 11) is 1.93. The normalized spacial score (nSPS) is 12.1. The fourth-order valence-corrected chi connectivity index (χ4v) is 1.83. The molecule has 2 heterocycles. The fourth-order valence-electron chi connectivity index (χ4n) is 1.83. The molecule has 0 spiro atoms. The number of amides is 1. The minimum absolute atomic E-state index is 0.113. The third kappa shape index (κ3) is 4.61. The molecule has 2 aromatic rings. The zero-order chi connectivity index (χ0) is 15.1. The summed E-state index contributed by atoms with van der Waals surface area (Å²) in [6, 6.07) is 5.42. The molecule has 0 aliphatic carbocycles. The molecule has 0 aliphatic rings. The van der Waals surface area contributed by atoms with Crippen LogP contribution in [0.4, 0.5) is 5.95 Å². The minimum atomic E-state index is -0.254. The topological polar surface area (TPSA) is 71.0 Å². The van der Waals surface area contributed by atoms with Crippen LogP contribution >= 0.6 is 0 Å². The zero-order valence-corrected chi connectivity index (χ0v) is 12.2. The van der Waals surface area contributed by atoms with Gasteiger partial charge in [0, 0.05) is 31.3 Å². The Hall–Kier alpha value is -2.34. The average Bonchev–Trinajstić information content (AvgIpc) is 2.53. The lowest BCUT2D eigenvalue weighted by atomic mass is 10.2. The zero-order valence-electron chi connectivity index (χ0n) is 12.2. The predicted octanol–water partition coefficient (Wildman–Crippen LogP) is 1.37. The molecule has 6 nitrogen and oxygen atoms in total. The first-order valence-corrected chi connectivity index (χ1v) is 6.84. The fraction of sp³-hybridized carbons (Fsp3) is 0.333. The number of carbonyl (C=O) groups excluding carboxylic acids is 1. The summed E-state index contributed by atoms with van der Waals surface area (Å²) in [5, 5.41) is 2.71. The first-order valence-electron chi connectivity index (χ1n) is 6.84. The largest absolute Gasteiger partial charge is 0.295 e. The lowest BCUT2D eigenvalue weighted by Gasteiger charge is -2.23. The monoisotopic (exact) mass is 285 g/mol. The van der Waals surface area contributed by atoms with Crippen LogP contribution in [0.25, 0.3) is 0 Å². The number of nitrogens with zero attached hydrogens (tertiary/aromatic N) is 4. The molecule has 0 saturated carbocycles.